The first-order chi connectivity index (χ1) is 3.66. The molecule has 0 N–H and O–H groups in total. The summed E-state index contributed by atoms with van der Waals surface area (Å²) in [5.41, 5.74) is 0. The third kappa shape index (κ3) is 0.638. The molecule has 3 heteroatoms. The van der Waals surface area contributed by atoms with Gasteiger partial charge in [-0.1, -0.05) is 6.92 Å². The first-order valence-electron chi connectivity index (χ1n) is 2.58. The van der Waals surface area contributed by atoms with E-state index in [1.807, 2.05) is 6.92 Å². The Bertz CT molecular complexity index is 111. The predicted octanol–water partition coefficient (Wildman–Crippen LogP) is 1.28. The topological polar surface area (TPSA) is 35.5 Å². The fourth-order valence-electron chi connectivity index (χ4n) is 0.505. The monoisotopic (exact) mass is 116 g/mol. The zero-order chi connectivity index (χ0) is 6.20. The van der Waals surface area contributed by atoms with Crippen molar-refractivity contribution in [1.82, 2.24) is 0 Å². The van der Waals surface area contributed by atoms with Gasteiger partial charge in [0.1, 0.15) is 0 Å². The SMILES string of the molecule is CCC1(C)OC(=O)O1. The van der Waals surface area contributed by atoms with E-state index in [4.69, 9.17) is 0 Å². The van der Waals surface area contributed by atoms with E-state index in [1.54, 1.807) is 6.92 Å². The van der Waals surface area contributed by atoms with Gasteiger partial charge in [-0.3, -0.25) is 0 Å². The van der Waals surface area contributed by atoms with Crippen LogP contribution >= 0.6 is 0 Å². The Morgan fingerprint density at radius 2 is 2.12 bits per heavy atom. The van der Waals surface area contributed by atoms with Gasteiger partial charge in [-0.2, -0.15) is 0 Å². The normalized spacial score (nSPS) is 23.0. The van der Waals surface area contributed by atoms with Crippen LogP contribution in [0.3, 0.4) is 0 Å². The number of carbonyl (C=O) groups is 1. The summed E-state index contributed by atoms with van der Waals surface area (Å²) in [6.45, 7) is 3.63. The minimum Gasteiger partial charge on any atom is -0.391 e. The number of rotatable bonds is 1. The third-order valence-electron chi connectivity index (χ3n) is 1.24. The van der Waals surface area contributed by atoms with Crippen LogP contribution < -0.4 is 0 Å². The highest BCUT2D eigenvalue weighted by Crippen LogP contribution is 2.26. The highest BCUT2D eigenvalue weighted by Gasteiger charge is 2.41. The molecule has 46 valence electrons. The van der Waals surface area contributed by atoms with Gasteiger partial charge >= 0.3 is 6.16 Å². The molecule has 0 spiro atoms. The highest BCUT2D eigenvalue weighted by atomic mass is 16.9. The van der Waals surface area contributed by atoms with Crippen LogP contribution in [0.4, 0.5) is 4.79 Å². The van der Waals surface area contributed by atoms with Crippen molar-refractivity contribution < 1.29 is 14.3 Å². The van der Waals surface area contributed by atoms with Crippen molar-refractivity contribution in [3.8, 4) is 0 Å². The smallest absolute Gasteiger partial charge is 0.391 e. The fraction of sp³-hybridized carbons (Fsp3) is 0.800. The van der Waals surface area contributed by atoms with Crippen LogP contribution in [0.5, 0.6) is 0 Å². The van der Waals surface area contributed by atoms with Crippen molar-refractivity contribution in [3.63, 3.8) is 0 Å². The lowest BCUT2D eigenvalue weighted by atomic mass is 10.2. The van der Waals surface area contributed by atoms with E-state index in [2.05, 4.69) is 9.47 Å². The Labute approximate surface area is 47.6 Å². The summed E-state index contributed by atoms with van der Waals surface area (Å²) in [5.74, 6) is -0.614. The molecule has 0 radical (unpaired) electrons. The second-order valence-corrected chi connectivity index (χ2v) is 1.94. The van der Waals surface area contributed by atoms with Crippen LogP contribution in [-0.4, -0.2) is 11.9 Å². The van der Waals surface area contributed by atoms with Crippen molar-refractivity contribution in [1.29, 1.82) is 0 Å². The van der Waals surface area contributed by atoms with Crippen LogP contribution in [0.15, 0.2) is 0 Å². The summed E-state index contributed by atoms with van der Waals surface area (Å²) in [7, 11) is 0. The van der Waals surface area contributed by atoms with Gasteiger partial charge in [0.15, 0.2) is 0 Å². The first kappa shape index (κ1) is 5.41. The van der Waals surface area contributed by atoms with Crippen molar-refractivity contribution >= 4 is 6.16 Å². The molecule has 3 nitrogen and oxygen atoms in total. The Hall–Kier alpha value is -0.730. The number of hydrogen-bond donors (Lipinski definition) is 0. The van der Waals surface area contributed by atoms with Crippen LogP contribution in [0.2, 0.25) is 0 Å². The average Bonchev–Trinajstić information content (AvgIpc) is 1.63. The van der Waals surface area contributed by atoms with Crippen molar-refractivity contribution in [3.05, 3.63) is 0 Å². The van der Waals surface area contributed by atoms with Gasteiger partial charge in [0.25, 0.3) is 5.79 Å². The third-order valence-corrected chi connectivity index (χ3v) is 1.24. The van der Waals surface area contributed by atoms with Crippen molar-refractivity contribution in [2.75, 3.05) is 0 Å². The number of cyclic esters (lactones) is 2. The molecule has 0 atom stereocenters. The minimum absolute atomic E-state index is 0.561. The summed E-state index contributed by atoms with van der Waals surface area (Å²) >= 11 is 0. The maximum atomic E-state index is 10.0. The largest absolute Gasteiger partial charge is 0.514 e. The van der Waals surface area contributed by atoms with Crippen LogP contribution in [0, 0.1) is 0 Å². The molecule has 0 aromatic heterocycles. The first-order valence-corrected chi connectivity index (χ1v) is 2.58. The number of carbonyl (C=O) groups excluding carboxylic acids is 1. The van der Waals surface area contributed by atoms with Gasteiger partial charge in [0, 0.05) is 13.3 Å². The molecular formula is C5H8O3. The van der Waals surface area contributed by atoms with Gasteiger partial charge in [-0.05, 0) is 0 Å². The molecule has 0 amide bonds. The van der Waals surface area contributed by atoms with Crippen molar-refractivity contribution in [2.24, 2.45) is 0 Å². The van der Waals surface area contributed by atoms with E-state index in [9.17, 15) is 4.79 Å². The fourth-order valence-corrected chi connectivity index (χ4v) is 0.505. The molecule has 1 rings (SSSR count). The van der Waals surface area contributed by atoms with Crippen LogP contribution in [0.25, 0.3) is 0 Å². The van der Waals surface area contributed by atoms with E-state index < -0.39 is 11.9 Å². The van der Waals surface area contributed by atoms with Crippen LogP contribution in [0.1, 0.15) is 20.3 Å². The standard InChI is InChI=1S/C5H8O3/c1-3-5(2)7-4(6)8-5/h3H2,1-2H3. The average molecular weight is 116 g/mol. The van der Waals surface area contributed by atoms with E-state index >= 15 is 0 Å². The van der Waals surface area contributed by atoms with Gasteiger partial charge < -0.3 is 9.47 Å². The Morgan fingerprint density at radius 1 is 1.62 bits per heavy atom. The lowest BCUT2D eigenvalue weighted by molar-refractivity contribution is -0.260. The maximum absolute atomic E-state index is 10.0. The molecule has 1 saturated heterocycles. The second kappa shape index (κ2) is 1.37. The molecule has 1 heterocycles. The zero-order valence-corrected chi connectivity index (χ0v) is 4.93. The quantitative estimate of drug-likeness (QED) is 0.484. The Kier molecular flexibility index (Phi) is 0.927. The molecule has 0 bridgehead atoms. The predicted molar refractivity (Wildman–Crippen MR) is 26.3 cm³/mol. The van der Waals surface area contributed by atoms with Gasteiger partial charge in [-0.15, -0.1) is 0 Å². The molecule has 0 aromatic rings. The molecule has 1 aliphatic heterocycles. The maximum Gasteiger partial charge on any atom is 0.514 e. The lowest BCUT2D eigenvalue weighted by Gasteiger charge is -2.35. The summed E-state index contributed by atoms with van der Waals surface area (Å²) < 4.78 is 9.23. The summed E-state index contributed by atoms with van der Waals surface area (Å²) in [5, 5.41) is 0. The van der Waals surface area contributed by atoms with Gasteiger partial charge in [-0.25, -0.2) is 4.79 Å². The molecule has 8 heavy (non-hydrogen) atoms. The molecule has 0 aliphatic carbocycles. The Balaban J connectivity index is 2.40. The molecule has 0 aromatic carbocycles. The summed E-state index contributed by atoms with van der Waals surface area (Å²) in [4.78, 5) is 10.0. The van der Waals surface area contributed by atoms with Crippen LogP contribution in [-0.2, 0) is 9.47 Å². The van der Waals surface area contributed by atoms with E-state index in [1.165, 1.54) is 0 Å². The number of ether oxygens (including phenoxy) is 2. The van der Waals surface area contributed by atoms with Crippen molar-refractivity contribution in [2.45, 2.75) is 26.1 Å². The second-order valence-electron chi connectivity index (χ2n) is 1.94. The zero-order valence-electron chi connectivity index (χ0n) is 4.93. The molecule has 1 aliphatic rings. The molecule has 1 fully saturated rings. The highest BCUT2D eigenvalue weighted by molar-refractivity contribution is 5.65. The Morgan fingerprint density at radius 3 is 2.25 bits per heavy atom. The van der Waals surface area contributed by atoms with Gasteiger partial charge in [0.05, 0.1) is 0 Å². The molecule has 0 unspecified atom stereocenters. The molecule has 0 saturated carbocycles. The minimum atomic E-state index is -0.614. The van der Waals surface area contributed by atoms with E-state index in [0.29, 0.717) is 6.42 Å². The summed E-state index contributed by atoms with van der Waals surface area (Å²) in [6, 6.07) is 0. The number of hydrogen-bond acceptors (Lipinski definition) is 3. The molecular weight excluding hydrogens is 108 g/mol. The van der Waals surface area contributed by atoms with E-state index in [0.717, 1.165) is 0 Å². The lowest BCUT2D eigenvalue weighted by Crippen LogP contribution is -2.46. The van der Waals surface area contributed by atoms with Gasteiger partial charge in [0.2, 0.25) is 0 Å². The van der Waals surface area contributed by atoms with E-state index in [-0.39, 0.29) is 0 Å². The summed E-state index contributed by atoms with van der Waals surface area (Å²) in [6.07, 6.45) is 0.146.